The van der Waals surface area contributed by atoms with Crippen LogP contribution in [0.5, 0.6) is 0 Å². The first-order chi connectivity index (χ1) is 10.2. The van der Waals surface area contributed by atoms with Crippen LogP contribution in [0.3, 0.4) is 0 Å². The number of carbonyl (C=O) groups is 1. The Hall–Kier alpha value is -0.633. The van der Waals surface area contributed by atoms with Gasteiger partial charge in [-0.3, -0.25) is 0 Å². The molecule has 0 saturated heterocycles. The van der Waals surface area contributed by atoms with E-state index in [0.717, 1.165) is 0 Å². The van der Waals surface area contributed by atoms with E-state index in [1.807, 2.05) is 0 Å². The molecule has 0 heterocycles. The molecule has 0 aromatic heterocycles. The number of aliphatic hydroxyl groups is 1. The highest BCUT2D eigenvalue weighted by atomic mass is 28.4. The van der Waals surface area contributed by atoms with Gasteiger partial charge in [-0.15, -0.1) is 0 Å². The van der Waals surface area contributed by atoms with Gasteiger partial charge in [0.25, 0.3) is 0 Å². The van der Waals surface area contributed by atoms with E-state index in [1.165, 1.54) is 0 Å². The SMILES string of the molecule is CC(C)(C)OC(=O)NCC(O)CNCCO[Si](C)(C)C(C)(C)C. The first kappa shape index (κ1) is 22.4. The van der Waals surface area contributed by atoms with Gasteiger partial charge in [0.05, 0.1) is 6.10 Å². The van der Waals surface area contributed by atoms with Crippen LogP contribution in [0.1, 0.15) is 41.5 Å². The van der Waals surface area contributed by atoms with E-state index in [2.05, 4.69) is 44.5 Å². The fourth-order valence-electron chi connectivity index (χ4n) is 1.45. The molecule has 0 spiro atoms. The molecule has 0 aliphatic rings. The number of alkyl carbamates (subject to hydrolysis) is 1. The van der Waals surface area contributed by atoms with Crippen molar-refractivity contribution in [3.8, 4) is 0 Å². The summed E-state index contributed by atoms with van der Waals surface area (Å²) in [5.41, 5.74) is -0.533. The van der Waals surface area contributed by atoms with Gasteiger partial charge in [-0.1, -0.05) is 20.8 Å². The molecule has 6 nitrogen and oxygen atoms in total. The lowest BCUT2D eigenvalue weighted by atomic mass is 10.2. The minimum Gasteiger partial charge on any atom is -0.444 e. The number of nitrogens with one attached hydrogen (secondary N) is 2. The van der Waals surface area contributed by atoms with Crippen LogP contribution in [0.2, 0.25) is 18.1 Å². The second kappa shape index (κ2) is 9.01. The molecule has 0 saturated carbocycles. The molecule has 138 valence electrons. The van der Waals surface area contributed by atoms with Crippen molar-refractivity contribution in [2.24, 2.45) is 0 Å². The van der Waals surface area contributed by atoms with Crippen LogP contribution in [-0.2, 0) is 9.16 Å². The molecule has 3 N–H and O–H groups in total. The summed E-state index contributed by atoms with van der Waals surface area (Å²) < 4.78 is 11.1. The van der Waals surface area contributed by atoms with Crippen molar-refractivity contribution in [3.63, 3.8) is 0 Å². The molecule has 0 rings (SSSR count). The number of aliphatic hydroxyl groups excluding tert-OH is 1. The molecular weight excluding hydrogens is 312 g/mol. The predicted octanol–water partition coefficient (Wildman–Crippen LogP) is 2.48. The third kappa shape index (κ3) is 10.7. The highest BCUT2D eigenvalue weighted by Crippen LogP contribution is 2.36. The standard InChI is InChI=1S/C16H36N2O4Si/c1-15(2,3)22-14(20)18-12-13(19)11-17-9-10-21-23(7,8)16(4,5)6/h13,17,19H,9-12H2,1-8H3,(H,18,20). The Morgan fingerprint density at radius 1 is 1.13 bits per heavy atom. The van der Waals surface area contributed by atoms with Crippen LogP contribution < -0.4 is 10.6 Å². The molecule has 1 amide bonds. The zero-order valence-electron chi connectivity index (χ0n) is 16.1. The van der Waals surface area contributed by atoms with Crippen LogP contribution in [0, 0.1) is 0 Å². The van der Waals surface area contributed by atoms with Gasteiger partial charge in [0.1, 0.15) is 5.60 Å². The Morgan fingerprint density at radius 3 is 2.17 bits per heavy atom. The number of ether oxygens (including phenoxy) is 1. The van der Waals surface area contributed by atoms with Gasteiger partial charge in [0.15, 0.2) is 8.32 Å². The first-order valence-corrected chi connectivity index (χ1v) is 11.1. The van der Waals surface area contributed by atoms with E-state index in [0.29, 0.717) is 19.7 Å². The summed E-state index contributed by atoms with van der Waals surface area (Å²) in [6.07, 6.45) is -1.17. The predicted molar refractivity (Wildman–Crippen MR) is 96.3 cm³/mol. The highest BCUT2D eigenvalue weighted by Gasteiger charge is 2.36. The van der Waals surface area contributed by atoms with Gasteiger partial charge >= 0.3 is 6.09 Å². The van der Waals surface area contributed by atoms with E-state index >= 15 is 0 Å². The van der Waals surface area contributed by atoms with Gasteiger partial charge in [-0.05, 0) is 38.9 Å². The van der Waals surface area contributed by atoms with Crippen molar-refractivity contribution in [2.45, 2.75) is 71.4 Å². The molecule has 0 aliphatic heterocycles. The summed E-state index contributed by atoms with van der Waals surface area (Å²) >= 11 is 0. The quantitative estimate of drug-likeness (QED) is 0.464. The molecule has 0 aromatic rings. The van der Waals surface area contributed by atoms with Crippen LogP contribution in [0.4, 0.5) is 4.79 Å². The van der Waals surface area contributed by atoms with Crippen LogP contribution >= 0.6 is 0 Å². The summed E-state index contributed by atoms with van der Waals surface area (Å²) in [5, 5.41) is 15.7. The molecule has 0 bridgehead atoms. The Labute approximate surface area is 142 Å². The monoisotopic (exact) mass is 348 g/mol. The second-order valence-corrected chi connectivity index (χ2v) is 13.2. The minimum absolute atomic E-state index is 0.158. The highest BCUT2D eigenvalue weighted by molar-refractivity contribution is 6.74. The maximum Gasteiger partial charge on any atom is 0.407 e. The van der Waals surface area contributed by atoms with Crippen molar-refractivity contribution < 1.29 is 19.1 Å². The molecule has 23 heavy (non-hydrogen) atoms. The molecular formula is C16H36N2O4Si. The Morgan fingerprint density at radius 2 is 1.70 bits per heavy atom. The lowest BCUT2D eigenvalue weighted by Gasteiger charge is -2.36. The molecule has 7 heteroatoms. The first-order valence-electron chi connectivity index (χ1n) is 8.24. The summed E-state index contributed by atoms with van der Waals surface area (Å²) in [6, 6.07) is 0. The summed E-state index contributed by atoms with van der Waals surface area (Å²) in [6.45, 7) is 18.3. The number of hydrogen-bond donors (Lipinski definition) is 3. The van der Waals surface area contributed by atoms with Crippen molar-refractivity contribution in [1.29, 1.82) is 0 Å². The molecule has 1 atom stereocenters. The van der Waals surface area contributed by atoms with Crippen molar-refractivity contribution in [2.75, 3.05) is 26.2 Å². The Balaban J connectivity index is 3.80. The number of amides is 1. The fraction of sp³-hybridized carbons (Fsp3) is 0.938. The topological polar surface area (TPSA) is 79.8 Å². The van der Waals surface area contributed by atoms with Crippen LogP contribution in [0.25, 0.3) is 0 Å². The lowest BCUT2D eigenvalue weighted by molar-refractivity contribution is 0.0491. The van der Waals surface area contributed by atoms with E-state index in [4.69, 9.17) is 9.16 Å². The number of carbonyl (C=O) groups excluding carboxylic acids is 1. The minimum atomic E-state index is -1.71. The average Bonchev–Trinajstić information content (AvgIpc) is 2.32. The van der Waals surface area contributed by atoms with Crippen molar-refractivity contribution >= 4 is 14.4 Å². The Kier molecular flexibility index (Phi) is 8.76. The van der Waals surface area contributed by atoms with Crippen molar-refractivity contribution in [3.05, 3.63) is 0 Å². The van der Waals surface area contributed by atoms with E-state index in [9.17, 15) is 9.90 Å². The van der Waals surface area contributed by atoms with Gasteiger partial charge in [-0.2, -0.15) is 0 Å². The maximum atomic E-state index is 11.5. The molecule has 0 fully saturated rings. The van der Waals surface area contributed by atoms with Gasteiger partial charge < -0.3 is 24.9 Å². The number of rotatable bonds is 8. The van der Waals surface area contributed by atoms with Gasteiger partial charge in [-0.25, -0.2) is 4.79 Å². The van der Waals surface area contributed by atoms with E-state index < -0.39 is 26.1 Å². The maximum absolute atomic E-state index is 11.5. The van der Waals surface area contributed by atoms with Crippen molar-refractivity contribution in [1.82, 2.24) is 10.6 Å². The summed E-state index contributed by atoms with van der Waals surface area (Å²) in [5.74, 6) is 0. The molecule has 0 aliphatic carbocycles. The molecule has 0 radical (unpaired) electrons. The van der Waals surface area contributed by atoms with Gasteiger partial charge in [0, 0.05) is 26.2 Å². The average molecular weight is 349 g/mol. The van der Waals surface area contributed by atoms with Gasteiger partial charge in [0.2, 0.25) is 0 Å². The largest absolute Gasteiger partial charge is 0.444 e. The van der Waals surface area contributed by atoms with Crippen LogP contribution in [-0.4, -0.2) is 57.5 Å². The normalized spacial score (nSPS) is 14.5. The van der Waals surface area contributed by atoms with E-state index in [1.54, 1.807) is 20.8 Å². The fourth-order valence-corrected chi connectivity index (χ4v) is 2.50. The third-order valence-corrected chi connectivity index (χ3v) is 8.35. The number of hydrogen-bond acceptors (Lipinski definition) is 5. The summed E-state index contributed by atoms with van der Waals surface area (Å²) in [7, 11) is -1.71. The van der Waals surface area contributed by atoms with E-state index in [-0.39, 0.29) is 11.6 Å². The third-order valence-electron chi connectivity index (χ3n) is 3.81. The lowest BCUT2D eigenvalue weighted by Crippen LogP contribution is -2.43. The molecule has 1 unspecified atom stereocenters. The zero-order valence-corrected chi connectivity index (χ0v) is 17.1. The second-order valence-electron chi connectivity index (χ2n) is 8.35. The van der Waals surface area contributed by atoms with Crippen LogP contribution in [0.15, 0.2) is 0 Å². The zero-order chi connectivity index (χ0) is 18.3. The summed E-state index contributed by atoms with van der Waals surface area (Å²) in [4.78, 5) is 11.5. The Bertz CT molecular complexity index is 362. The molecule has 0 aromatic carbocycles. The smallest absolute Gasteiger partial charge is 0.407 e.